The van der Waals surface area contributed by atoms with E-state index in [0.717, 1.165) is 38.4 Å². The molecule has 2 unspecified atom stereocenters. The first-order valence-electron chi connectivity index (χ1n) is 7.43. The van der Waals surface area contributed by atoms with Gasteiger partial charge in [-0.3, -0.25) is 4.21 Å². The minimum Gasteiger partial charge on any atom is -0.307 e. The van der Waals surface area contributed by atoms with Crippen LogP contribution in [-0.2, 0) is 16.3 Å². The Hall–Kier alpha value is -0.710. The zero-order valence-electron chi connectivity index (χ0n) is 12.6. The molecule has 0 bridgehead atoms. The van der Waals surface area contributed by atoms with Gasteiger partial charge in [-0.2, -0.15) is 0 Å². The SMILES string of the molecule is CS(=O)CCCN1CCCNC(C)(c2ccccc2)C1. The van der Waals surface area contributed by atoms with Crippen molar-refractivity contribution in [2.75, 3.05) is 38.2 Å². The molecule has 0 spiro atoms. The maximum atomic E-state index is 11.2. The molecule has 20 heavy (non-hydrogen) atoms. The van der Waals surface area contributed by atoms with Crippen LogP contribution in [0.3, 0.4) is 0 Å². The first-order valence-corrected chi connectivity index (χ1v) is 9.16. The van der Waals surface area contributed by atoms with Crippen LogP contribution >= 0.6 is 0 Å². The van der Waals surface area contributed by atoms with Gasteiger partial charge in [0.05, 0.1) is 5.54 Å². The van der Waals surface area contributed by atoms with E-state index in [1.54, 1.807) is 6.26 Å². The molecule has 0 radical (unpaired) electrons. The molecule has 1 aromatic carbocycles. The molecule has 0 aliphatic carbocycles. The first kappa shape index (κ1) is 15.7. The lowest BCUT2D eigenvalue weighted by atomic mass is 9.91. The summed E-state index contributed by atoms with van der Waals surface area (Å²) in [5.41, 5.74) is 1.37. The van der Waals surface area contributed by atoms with Gasteiger partial charge in [0, 0.05) is 29.4 Å². The van der Waals surface area contributed by atoms with Gasteiger partial charge in [-0.25, -0.2) is 0 Å². The number of benzene rings is 1. The van der Waals surface area contributed by atoms with Crippen molar-refractivity contribution < 1.29 is 4.21 Å². The summed E-state index contributed by atoms with van der Waals surface area (Å²) in [6.07, 6.45) is 3.99. The molecule has 4 heteroatoms. The monoisotopic (exact) mass is 294 g/mol. The van der Waals surface area contributed by atoms with E-state index in [4.69, 9.17) is 0 Å². The molecule has 1 aromatic rings. The second-order valence-corrected chi connectivity index (χ2v) is 7.44. The highest BCUT2D eigenvalue weighted by Crippen LogP contribution is 2.24. The van der Waals surface area contributed by atoms with Crippen LogP contribution in [0, 0.1) is 0 Å². The van der Waals surface area contributed by atoms with Crippen molar-refractivity contribution in [2.45, 2.75) is 25.3 Å². The van der Waals surface area contributed by atoms with E-state index < -0.39 is 10.8 Å². The largest absolute Gasteiger partial charge is 0.307 e. The van der Waals surface area contributed by atoms with Crippen molar-refractivity contribution in [2.24, 2.45) is 0 Å². The average Bonchev–Trinajstić information content (AvgIpc) is 2.62. The minimum absolute atomic E-state index is 0.0170. The third-order valence-corrected chi connectivity index (χ3v) is 4.89. The highest BCUT2D eigenvalue weighted by Gasteiger charge is 2.30. The number of hydrogen-bond acceptors (Lipinski definition) is 3. The molecule has 2 rings (SSSR count). The molecule has 1 fully saturated rings. The summed E-state index contributed by atoms with van der Waals surface area (Å²) >= 11 is 0. The summed E-state index contributed by atoms with van der Waals surface area (Å²) in [6.45, 7) is 6.54. The second kappa shape index (κ2) is 7.34. The fourth-order valence-corrected chi connectivity index (χ4v) is 3.47. The zero-order valence-corrected chi connectivity index (χ0v) is 13.4. The van der Waals surface area contributed by atoms with Crippen LogP contribution in [0.4, 0.5) is 0 Å². The number of rotatable bonds is 5. The molecule has 1 saturated heterocycles. The standard InChI is InChI=1S/C16H26N2OS/c1-16(15-8-4-3-5-9-15)14-18(11-6-10-17-16)12-7-13-20(2)19/h3-5,8-9,17H,6-7,10-14H2,1-2H3. The van der Waals surface area contributed by atoms with Gasteiger partial charge in [0.1, 0.15) is 0 Å². The molecular weight excluding hydrogens is 268 g/mol. The lowest BCUT2D eigenvalue weighted by Gasteiger charge is -2.34. The van der Waals surface area contributed by atoms with Gasteiger partial charge in [0.15, 0.2) is 0 Å². The fraction of sp³-hybridized carbons (Fsp3) is 0.625. The Balaban J connectivity index is 2.01. The van der Waals surface area contributed by atoms with Crippen molar-refractivity contribution >= 4 is 10.8 Å². The number of nitrogens with one attached hydrogen (secondary N) is 1. The third-order valence-electron chi connectivity index (χ3n) is 4.02. The highest BCUT2D eigenvalue weighted by atomic mass is 32.2. The molecule has 3 nitrogen and oxygen atoms in total. The fourth-order valence-electron chi connectivity index (χ4n) is 2.93. The van der Waals surface area contributed by atoms with Gasteiger partial charge in [-0.15, -0.1) is 0 Å². The van der Waals surface area contributed by atoms with Crippen LogP contribution in [0.25, 0.3) is 0 Å². The Morgan fingerprint density at radius 2 is 2.10 bits per heavy atom. The second-order valence-electron chi connectivity index (χ2n) is 5.89. The Kier molecular flexibility index (Phi) is 5.75. The quantitative estimate of drug-likeness (QED) is 0.901. The summed E-state index contributed by atoms with van der Waals surface area (Å²) < 4.78 is 11.2. The van der Waals surface area contributed by atoms with Crippen molar-refractivity contribution in [1.82, 2.24) is 10.2 Å². The molecule has 1 N–H and O–H groups in total. The Morgan fingerprint density at radius 1 is 1.35 bits per heavy atom. The molecule has 1 aliphatic rings. The summed E-state index contributed by atoms with van der Waals surface area (Å²) in [5, 5.41) is 3.70. The molecular formula is C16H26N2OS. The van der Waals surface area contributed by atoms with E-state index in [1.165, 1.54) is 12.0 Å². The lowest BCUT2D eigenvalue weighted by molar-refractivity contribution is 0.221. The van der Waals surface area contributed by atoms with E-state index in [2.05, 4.69) is 47.5 Å². The zero-order chi connectivity index (χ0) is 14.4. The van der Waals surface area contributed by atoms with Gasteiger partial charge in [-0.1, -0.05) is 30.3 Å². The Bertz CT molecular complexity index is 437. The normalized spacial score (nSPS) is 26.1. The third kappa shape index (κ3) is 4.40. The maximum Gasteiger partial charge on any atom is 0.0534 e. The van der Waals surface area contributed by atoms with E-state index in [9.17, 15) is 4.21 Å². The van der Waals surface area contributed by atoms with Gasteiger partial charge >= 0.3 is 0 Å². The van der Waals surface area contributed by atoms with Crippen molar-refractivity contribution in [3.05, 3.63) is 35.9 Å². The highest BCUT2D eigenvalue weighted by molar-refractivity contribution is 7.84. The summed E-state index contributed by atoms with van der Waals surface area (Å²) in [7, 11) is -0.672. The summed E-state index contributed by atoms with van der Waals surface area (Å²) in [4.78, 5) is 2.51. The first-order chi connectivity index (χ1) is 9.60. The van der Waals surface area contributed by atoms with Crippen LogP contribution < -0.4 is 5.32 Å². The summed E-state index contributed by atoms with van der Waals surface area (Å²) in [6, 6.07) is 10.7. The predicted molar refractivity (Wildman–Crippen MR) is 86.4 cm³/mol. The van der Waals surface area contributed by atoms with Gasteiger partial charge in [0.25, 0.3) is 0 Å². The van der Waals surface area contributed by atoms with Crippen molar-refractivity contribution in [3.8, 4) is 0 Å². The molecule has 0 saturated carbocycles. The van der Waals surface area contributed by atoms with Gasteiger partial charge in [0.2, 0.25) is 0 Å². The van der Waals surface area contributed by atoms with E-state index in [1.807, 2.05) is 0 Å². The van der Waals surface area contributed by atoms with Crippen molar-refractivity contribution in [1.29, 1.82) is 0 Å². The van der Waals surface area contributed by atoms with E-state index in [0.29, 0.717) is 0 Å². The summed E-state index contributed by atoms with van der Waals surface area (Å²) in [5.74, 6) is 0.811. The van der Waals surface area contributed by atoms with Gasteiger partial charge < -0.3 is 10.2 Å². The Morgan fingerprint density at radius 3 is 2.80 bits per heavy atom. The maximum absolute atomic E-state index is 11.2. The average molecular weight is 294 g/mol. The van der Waals surface area contributed by atoms with Crippen LogP contribution in [-0.4, -0.2) is 47.3 Å². The van der Waals surface area contributed by atoms with Crippen molar-refractivity contribution in [3.63, 3.8) is 0 Å². The van der Waals surface area contributed by atoms with Crippen LogP contribution in [0.5, 0.6) is 0 Å². The van der Waals surface area contributed by atoms with Crippen LogP contribution in [0.2, 0.25) is 0 Å². The molecule has 112 valence electrons. The minimum atomic E-state index is -0.672. The molecule has 1 aliphatic heterocycles. The Labute approximate surface area is 125 Å². The van der Waals surface area contributed by atoms with Crippen LogP contribution in [0.15, 0.2) is 30.3 Å². The number of hydrogen-bond donors (Lipinski definition) is 1. The molecule has 1 heterocycles. The topological polar surface area (TPSA) is 32.3 Å². The molecule has 0 aromatic heterocycles. The van der Waals surface area contributed by atoms with Gasteiger partial charge in [-0.05, 0) is 45.0 Å². The number of nitrogens with zero attached hydrogens (tertiary/aromatic N) is 1. The van der Waals surface area contributed by atoms with E-state index >= 15 is 0 Å². The molecule has 0 amide bonds. The smallest absolute Gasteiger partial charge is 0.0534 e. The lowest BCUT2D eigenvalue weighted by Crippen LogP contribution is -2.46. The van der Waals surface area contributed by atoms with E-state index in [-0.39, 0.29) is 5.54 Å². The van der Waals surface area contributed by atoms with Crippen LogP contribution in [0.1, 0.15) is 25.3 Å². The predicted octanol–water partition coefficient (Wildman–Crippen LogP) is 1.97. The molecule has 2 atom stereocenters.